The quantitative estimate of drug-likeness (QED) is 0.728. The Hall–Kier alpha value is -2.14. The lowest BCUT2D eigenvalue weighted by Crippen LogP contribution is -2.38. The molecule has 20 heavy (non-hydrogen) atoms. The molecule has 1 aromatic carbocycles. The van der Waals surface area contributed by atoms with E-state index >= 15 is 0 Å². The molecule has 1 aliphatic carbocycles. The van der Waals surface area contributed by atoms with Gasteiger partial charge in [-0.2, -0.15) is 0 Å². The molecule has 0 atom stereocenters. The third kappa shape index (κ3) is 3.24. The van der Waals surface area contributed by atoms with Gasteiger partial charge in [0.15, 0.2) is 0 Å². The Morgan fingerprint density at radius 1 is 1.30 bits per heavy atom. The molecule has 0 unspecified atom stereocenters. The Balaban J connectivity index is 2.19. The Morgan fingerprint density at radius 2 is 1.90 bits per heavy atom. The van der Waals surface area contributed by atoms with E-state index in [4.69, 9.17) is 5.73 Å². The number of aliphatic hydroxyl groups is 1. The van der Waals surface area contributed by atoms with Gasteiger partial charge in [-0.05, 0) is 38.8 Å². The van der Waals surface area contributed by atoms with Gasteiger partial charge < -0.3 is 16.2 Å². The van der Waals surface area contributed by atoms with E-state index in [1.807, 2.05) is 30.3 Å². The molecule has 1 aromatic rings. The van der Waals surface area contributed by atoms with Crippen molar-refractivity contribution in [3.8, 4) is 0 Å². The van der Waals surface area contributed by atoms with Crippen molar-refractivity contribution < 1.29 is 9.90 Å². The molecule has 0 bridgehead atoms. The van der Waals surface area contributed by atoms with Crippen molar-refractivity contribution in [2.24, 2.45) is 10.7 Å². The highest BCUT2D eigenvalue weighted by molar-refractivity contribution is 6.04. The lowest BCUT2D eigenvalue weighted by Gasteiger charge is -2.14. The highest BCUT2D eigenvalue weighted by atomic mass is 16.3. The summed E-state index contributed by atoms with van der Waals surface area (Å²) in [7, 11) is 0. The van der Waals surface area contributed by atoms with Crippen LogP contribution in [-0.2, 0) is 4.79 Å². The maximum Gasteiger partial charge on any atom is 0.256 e. The van der Waals surface area contributed by atoms with Crippen LogP contribution < -0.4 is 11.1 Å². The molecule has 1 aliphatic rings. The molecule has 5 heteroatoms. The van der Waals surface area contributed by atoms with Gasteiger partial charge in [0.1, 0.15) is 5.60 Å². The van der Waals surface area contributed by atoms with Crippen LogP contribution in [0.1, 0.15) is 26.7 Å². The molecule has 1 saturated carbocycles. The zero-order valence-electron chi connectivity index (χ0n) is 11.7. The Morgan fingerprint density at radius 3 is 2.40 bits per heavy atom. The summed E-state index contributed by atoms with van der Waals surface area (Å²) in [4.78, 5) is 16.3. The number of hydrogen-bond acceptors (Lipinski definition) is 4. The molecule has 0 aliphatic heterocycles. The summed E-state index contributed by atoms with van der Waals surface area (Å²) in [6.45, 7) is 3.46. The van der Waals surface area contributed by atoms with Crippen molar-refractivity contribution >= 4 is 17.3 Å². The molecule has 2 rings (SSSR count). The number of carbonyl (C=O) groups is 1. The number of allylic oxidation sites excluding steroid dienone is 2. The smallest absolute Gasteiger partial charge is 0.256 e. The molecule has 0 aromatic heterocycles. The van der Waals surface area contributed by atoms with E-state index < -0.39 is 11.5 Å². The molecular weight excluding hydrogens is 254 g/mol. The topological polar surface area (TPSA) is 87.7 Å². The summed E-state index contributed by atoms with van der Waals surface area (Å²) in [5.41, 5.74) is 6.88. The van der Waals surface area contributed by atoms with E-state index in [0.29, 0.717) is 29.9 Å². The maximum absolute atomic E-state index is 11.9. The average molecular weight is 273 g/mol. The SMILES string of the molecule is CC(=Nc1ccccc1)C(NC(=O)C1(O)CC1)=C(C)N. The molecule has 0 heterocycles. The first-order chi connectivity index (χ1) is 9.42. The molecule has 0 radical (unpaired) electrons. The Labute approximate surface area is 118 Å². The second-order valence-corrected chi connectivity index (χ2v) is 5.08. The molecule has 1 fully saturated rings. The van der Waals surface area contributed by atoms with Gasteiger partial charge in [0.2, 0.25) is 0 Å². The number of para-hydroxylation sites is 1. The molecule has 1 amide bonds. The van der Waals surface area contributed by atoms with Gasteiger partial charge in [-0.1, -0.05) is 18.2 Å². The first kappa shape index (κ1) is 14.3. The Bertz CT molecular complexity index is 568. The van der Waals surface area contributed by atoms with Crippen molar-refractivity contribution in [3.63, 3.8) is 0 Å². The minimum atomic E-state index is -1.23. The van der Waals surface area contributed by atoms with Crippen molar-refractivity contribution in [1.29, 1.82) is 0 Å². The Kier molecular flexibility index (Phi) is 3.90. The lowest BCUT2D eigenvalue weighted by atomic mass is 10.2. The minimum absolute atomic E-state index is 0.417. The average Bonchev–Trinajstić information content (AvgIpc) is 3.15. The predicted molar refractivity (Wildman–Crippen MR) is 78.4 cm³/mol. The van der Waals surface area contributed by atoms with E-state index in [9.17, 15) is 9.90 Å². The van der Waals surface area contributed by atoms with E-state index in [1.54, 1.807) is 13.8 Å². The van der Waals surface area contributed by atoms with E-state index in [-0.39, 0.29) is 0 Å². The number of carbonyl (C=O) groups excluding carboxylic acids is 1. The maximum atomic E-state index is 11.9. The van der Waals surface area contributed by atoms with Crippen molar-refractivity contribution in [1.82, 2.24) is 5.32 Å². The van der Waals surface area contributed by atoms with Crippen molar-refractivity contribution in [2.75, 3.05) is 0 Å². The summed E-state index contributed by atoms with van der Waals surface area (Å²) >= 11 is 0. The fourth-order valence-electron chi connectivity index (χ4n) is 1.80. The van der Waals surface area contributed by atoms with Gasteiger partial charge >= 0.3 is 0 Å². The number of rotatable bonds is 4. The number of nitrogens with two attached hydrogens (primary N) is 1. The normalized spacial score (nSPS) is 18.2. The number of benzene rings is 1. The monoisotopic (exact) mass is 273 g/mol. The zero-order valence-corrected chi connectivity index (χ0v) is 11.7. The van der Waals surface area contributed by atoms with Crippen LogP contribution in [0.3, 0.4) is 0 Å². The molecule has 0 saturated heterocycles. The van der Waals surface area contributed by atoms with Gasteiger partial charge in [0.25, 0.3) is 5.91 Å². The van der Waals surface area contributed by atoms with Crippen molar-refractivity contribution in [2.45, 2.75) is 32.3 Å². The summed E-state index contributed by atoms with van der Waals surface area (Å²) in [6, 6.07) is 9.41. The molecule has 5 nitrogen and oxygen atoms in total. The third-order valence-electron chi connectivity index (χ3n) is 3.19. The van der Waals surface area contributed by atoms with E-state index in [1.165, 1.54) is 0 Å². The number of nitrogens with one attached hydrogen (secondary N) is 1. The first-order valence-corrected chi connectivity index (χ1v) is 6.53. The van der Waals surface area contributed by atoms with Crippen LogP contribution in [0.15, 0.2) is 46.7 Å². The molecule has 0 spiro atoms. The lowest BCUT2D eigenvalue weighted by molar-refractivity contribution is -0.130. The van der Waals surface area contributed by atoms with Gasteiger partial charge in [-0.15, -0.1) is 0 Å². The van der Waals surface area contributed by atoms with Gasteiger partial charge in [0, 0.05) is 5.70 Å². The first-order valence-electron chi connectivity index (χ1n) is 6.53. The molecular formula is C15H19N3O2. The summed E-state index contributed by atoms with van der Waals surface area (Å²) in [6.07, 6.45) is 0.981. The highest BCUT2D eigenvalue weighted by Gasteiger charge is 2.48. The van der Waals surface area contributed by atoms with Gasteiger partial charge in [0.05, 0.1) is 17.1 Å². The van der Waals surface area contributed by atoms with E-state index in [2.05, 4.69) is 10.3 Å². The largest absolute Gasteiger partial charge is 0.401 e. The predicted octanol–water partition coefficient (Wildman–Crippen LogP) is 1.61. The second kappa shape index (κ2) is 5.46. The number of hydrogen-bond donors (Lipinski definition) is 3. The van der Waals surface area contributed by atoms with Crippen LogP contribution in [0.4, 0.5) is 5.69 Å². The summed E-state index contributed by atoms with van der Waals surface area (Å²) < 4.78 is 0. The number of aliphatic imine (C=N–C) groups is 1. The molecule has 4 N–H and O–H groups in total. The third-order valence-corrected chi connectivity index (χ3v) is 3.19. The number of nitrogens with zero attached hydrogens (tertiary/aromatic N) is 1. The standard InChI is InChI=1S/C15H19N3O2/c1-10(16)13(18-14(19)15(20)8-9-15)11(2)17-12-6-4-3-5-7-12/h3-7,20H,8-9,16H2,1-2H3,(H,18,19). The van der Waals surface area contributed by atoms with E-state index in [0.717, 1.165) is 5.69 Å². The van der Waals surface area contributed by atoms with Crippen LogP contribution in [0.5, 0.6) is 0 Å². The minimum Gasteiger partial charge on any atom is -0.401 e. The summed E-state index contributed by atoms with van der Waals surface area (Å²) in [5, 5.41) is 12.5. The van der Waals surface area contributed by atoms with Gasteiger partial charge in [-0.25, -0.2) is 0 Å². The van der Waals surface area contributed by atoms with Crippen LogP contribution in [0.25, 0.3) is 0 Å². The van der Waals surface area contributed by atoms with Crippen LogP contribution in [0, 0.1) is 0 Å². The van der Waals surface area contributed by atoms with Crippen LogP contribution >= 0.6 is 0 Å². The van der Waals surface area contributed by atoms with Crippen molar-refractivity contribution in [3.05, 3.63) is 41.7 Å². The zero-order chi connectivity index (χ0) is 14.8. The van der Waals surface area contributed by atoms with Crippen LogP contribution in [0.2, 0.25) is 0 Å². The fraction of sp³-hybridized carbons (Fsp3) is 0.333. The van der Waals surface area contributed by atoms with Crippen LogP contribution in [-0.4, -0.2) is 22.3 Å². The molecule has 106 valence electrons. The highest BCUT2D eigenvalue weighted by Crippen LogP contribution is 2.35. The number of amides is 1. The fourth-order valence-corrected chi connectivity index (χ4v) is 1.80. The summed E-state index contributed by atoms with van der Waals surface area (Å²) in [5.74, 6) is -0.417. The van der Waals surface area contributed by atoms with Gasteiger partial charge in [-0.3, -0.25) is 9.79 Å². The second-order valence-electron chi connectivity index (χ2n) is 5.08.